The van der Waals surface area contributed by atoms with Crippen molar-refractivity contribution < 1.29 is 10.2 Å². The van der Waals surface area contributed by atoms with Crippen LogP contribution < -0.4 is 5.73 Å². The Morgan fingerprint density at radius 3 is 2.83 bits per heavy atom. The first-order chi connectivity index (χ1) is 11.1. The number of nitrogens with two attached hydrogens (primary N) is 1. The van der Waals surface area contributed by atoms with Crippen LogP contribution in [0.25, 0.3) is 17.4 Å². The Labute approximate surface area is 138 Å². The Bertz CT molecular complexity index is 739. The van der Waals surface area contributed by atoms with E-state index in [0.717, 1.165) is 34.7 Å². The van der Waals surface area contributed by atoms with E-state index in [1.165, 1.54) is 0 Å². The Morgan fingerprint density at radius 2 is 2.17 bits per heavy atom. The number of hydrogen-bond donors (Lipinski definition) is 3. The molecule has 1 aliphatic rings. The Balaban J connectivity index is 1.93. The number of aliphatic hydroxyl groups excluding tert-OH is 2. The van der Waals surface area contributed by atoms with Crippen molar-refractivity contribution in [3.63, 3.8) is 0 Å². The van der Waals surface area contributed by atoms with Crippen molar-refractivity contribution in [2.75, 3.05) is 24.7 Å². The van der Waals surface area contributed by atoms with Crippen molar-refractivity contribution in [2.24, 2.45) is 5.41 Å². The Morgan fingerprint density at radius 1 is 1.39 bits per heavy atom. The van der Waals surface area contributed by atoms with Gasteiger partial charge in [0.1, 0.15) is 16.9 Å². The smallest absolute Gasteiger partial charge is 0.223 e. The quantitative estimate of drug-likeness (QED) is 0.400. The van der Waals surface area contributed by atoms with Crippen LogP contribution in [0.5, 0.6) is 0 Å². The van der Waals surface area contributed by atoms with E-state index in [2.05, 4.69) is 21.9 Å². The van der Waals surface area contributed by atoms with Crippen LogP contribution in [0.3, 0.4) is 0 Å². The summed E-state index contributed by atoms with van der Waals surface area (Å²) in [5.74, 6) is 1.19. The lowest BCUT2D eigenvalue weighted by Gasteiger charge is -2.05. The number of anilines is 1. The van der Waals surface area contributed by atoms with Crippen molar-refractivity contribution in [1.82, 2.24) is 19.5 Å². The molecule has 8 heteroatoms. The number of aliphatic hydroxyl groups is 2. The molecule has 7 nitrogen and oxygen atoms in total. The van der Waals surface area contributed by atoms with Crippen LogP contribution in [0.2, 0.25) is 0 Å². The largest absolute Gasteiger partial charge is 0.395 e. The van der Waals surface area contributed by atoms with Gasteiger partial charge in [-0.1, -0.05) is 13.3 Å². The average Bonchev–Trinajstić information content (AvgIpc) is 3.11. The maximum absolute atomic E-state index is 9.40. The van der Waals surface area contributed by atoms with Gasteiger partial charge in [0, 0.05) is 11.6 Å². The summed E-state index contributed by atoms with van der Waals surface area (Å²) in [6, 6.07) is 0. The van der Waals surface area contributed by atoms with Gasteiger partial charge in [0.2, 0.25) is 5.95 Å². The zero-order valence-electron chi connectivity index (χ0n) is 13.1. The minimum Gasteiger partial charge on any atom is -0.395 e. The molecular formula is C15H21N5O2S. The molecule has 124 valence electrons. The molecule has 0 atom stereocenters. The molecule has 2 aromatic heterocycles. The summed E-state index contributed by atoms with van der Waals surface area (Å²) < 4.78 is 1.79. The van der Waals surface area contributed by atoms with Gasteiger partial charge in [-0.05, 0) is 24.2 Å². The zero-order chi connectivity index (χ0) is 16.4. The fraction of sp³-hybridized carbons (Fsp3) is 0.533. The van der Waals surface area contributed by atoms with Gasteiger partial charge in [-0.3, -0.25) is 4.57 Å². The molecule has 0 aliphatic heterocycles. The molecule has 0 aromatic carbocycles. The monoisotopic (exact) mass is 335 g/mol. The SMILES string of the molecule is CCCCSc1nc(N)nc2c1ncn2/C=C1/CC1(CO)CO. The molecule has 0 bridgehead atoms. The lowest BCUT2D eigenvalue weighted by atomic mass is 10.1. The number of thioether (sulfide) groups is 1. The third-order valence-electron chi connectivity index (χ3n) is 4.13. The molecule has 1 fully saturated rings. The number of aromatic nitrogens is 4. The van der Waals surface area contributed by atoms with Crippen LogP contribution in [0.1, 0.15) is 26.2 Å². The van der Waals surface area contributed by atoms with E-state index >= 15 is 0 Å². The van der Waals surface area contributed by atoms with E-state index in [-0.39, 0.29) is 19.2 Å². The minimum absolute atomic E-state index is 0.0583. The molecule has 1 saturated carbocycles. The first-order valence-corrected chi connectivity index (χ1v) is 8.68. The normalized spacial score (nSPS) is 18.0. The highest BCUT2D eigenvalue weighted by molar-refractivity contribution is 7.99. The highest BCUT2D eigenvalue weighted by atomic mass is 32.2. The molecule has 1 aliphatic carbocycles. The van der Waals surface area contributed by atoms with Gasteiger partial charge in [-0.2, -0.15) is 4.98 Å². The fourth-order valence-corrected chi connectivity index (χ4v) is 3.52. The summed E-state index contributed by atoms with van der Waals surface area (Å²) in [4.78, 5) is 13.0. The van der Waals surface area contributed by atoms with Crippen molar-refractivity contribution in [3.8, 4) is 0 Å². The van der Waals surface area contributed by atoms with E-state index in [1.54, 1.807) is 22.7 Å². The lowest BCUT2D eigenvalue weighted by Crippen LogP contribution is -2.12. The van der Waals surface area contributed by atoms with Gasteiger partial charge in [-0.25, -0.2) is 9.97 Å². The summed E-state index contributed by atoms with van der Waals surface area (Å²) in [6.07, 6.45) is 6.46. The average molecular weight is 335 g/mol. The van der Waals surface area contributed by atoms with Crippen LogP contribution in [-0.4, -0.2) is 48.7 Å². The molecule has 2 heterocycles. The van der Waals surface area contributed by atoms with E-state index < -0.39 is 5.41 Å². The van der Waals surface area contributed by atoms with Gasteiger partial charge in [0.05, 0.1) is 13.2 Å². The van der Waals surface area contributed by atoms with Gasteiger partial charge >= 0.3 is 0 Å². The second-order valence-corrected chi connectivity index (χ2v) is 6.92. The number of fused-ring (bicyclic) bond motifs is 1. The highest BCUT2D eigenvalue weighted by Gasteiger charge is 2.48. The number of hydrogen-bond acceptors (Lipinski definition) is 7. The van der Waals surface area contributed by atoms with Gasteiger partial charge in [0.25, 0.3) is 0 Å². The van der Waals surface area contributed by atoms with E-state index in [9.17, 15) is 10.2 Å². The Hall–Kier alpha value is -1.64. The third-order valence-corrected chi connectivity index (χ3v) is 5.18. The molecule has 3 rings (SSSR count). The predicted molar refractivity (Wildman–Crippen MR) is 90.9 cm³/mol. The summed E-state index contributed by atoms with van der Waals surface area (Å²) in [5.41, 5.74) is 7.71. The summed E-state index contributed by atoms with van der Waals surface area (Å²) in [6.45, 7) is 2.03. The first kappa shape index (κ1) is 16.2. The predicted octanol–water partition coefficient (Wildman–Crippen LogP) is 1.52. The van der Waals surface area contributed by atoms with Crippen molar-refractivity contribution in [2.45, 2.75) is 31.2 Å². The van der Waals surface area contributed by atoms with E-state index in [4.69, 9.17) is 5.73 Å². The van der Waals surface area contributed by atoms with Crippen LogP contribution in [0, 0.1) is 5.41 Å². The maximum atomic E-state index is 9.40. The molecule has 23 heavy (non-hydrogen) atoms. The number of nitrogen functional groups attached to an aromatic ring is 1. The van der Waals surface area contributed by atoms with Gasteiger partial charge < -0.3 is 15.9 Å². The molecule has 4 N–H and O–H groups in total. The summed E-state index contributed by atoms with van der Waals surface area (Å²) in [7, 11) is 0. The second kappa shape index (κ2) is 6.46. The fourth-order valence-electron chi connectivity index (χ4n) is 2.45. The van der Waals surface area contributed by atoms with Crippen LogP contribution >= 0.6 is 11.8 Å². The minimum atomic E-state index is -0.492. The molecule has 0 amide bonds. The number of unbranched alkanes of at least 4 members (excludes halogenated alkanes) is 1. The first-order valence-electron chi connectivity index (χ1n) is 7.69. The van der Waals surface area contributed by atoms with Crippen LogP contribution in [0.4, 0.5) is 5.95 Å². The third kappa shape index (κ3) is 3.06. The number of nitrogens with zero attached hydrogens (tertiary/aromatic N) is 4. The highest BCUT2D eigenvalue weighted by Crippen LogP contribution is 2.51. The summed E-state index contributed by atoms with van der Waals surface area (Å²) >= 11 is 1.64. The maximum Gasteiger partial charge on any atom is 0.223 e. The second-order valence-electron chi connectivity index (χ2n) is 5.84. The number of rotatable bonds is 7. The molecule has 0 radical (unpaired) electrons. The van der Waals surface area contributed by atoms with Crippen molar-refractivity contribution in [3.05, 3.63) is 11.9 Å². The van der Waals surface area contributed by atoms with E-state index in [0.29, 0.717) is 12.1 Å². The lowest BCUT2D eigenvalue weighted by molar-refractivity contribution is 0.143. The van der Waals surface area contributed by atoms with Gasteiger partial charge in [0.15, 0.2) is 5.65 Å². The van der Waals surface area contributed by atoms with Crippen LogP contribution in [0.15, 0.2) is 16.9 Å². The van der Waals surface area contributed by atoms with Crippen LogP contribution in [-0.2, 0) is 0 Å². The zero-order valence-corrected chi connectivity index (χ0v) is 13.9. The molecular weight excluding hydrogens is 314 g/mol. The molecule has 0 spiro atoms. The summed E-state index contributed by atoms with van der Waals surface area (Å²) in [5, 5.41) is 19.6. The van der Waals surface area contributed by atoms with Crippen molar-refractivity contribution in [1.29, 1.82) is 0 Å². The Kier molecular flexibility index (Phi) is 4.56. The molecule has 0 saturated heterocycles. The topological polar surface area (TPSA) is 110 Å². The number of imidazole rings is 1. The molecule has 0 unspecified atom stereocenters. The molecule has 2 aromatic rings. The standard InChI is InChI=1S/C15H21N5O2S/c1-2-3-4-23-13-11-12(18-14(16)19-13)20(9-17-11)6-10-5-15(10,7-21)8-22/h6,9,21-22H,2-5,7-8H2,1H3,(H2,16,18,19)/b10-6-. The van der Waals surface area contributed by atoms with Gasteiger partial charge in [-0.15, -0.1) is 11.8 Å². The van der Waals surface area contributed by atoms with E-state index in [1.807, 2.05) is 6.20 Å². The van der Waals surface area contributed by atoms with Crippen molar-refractivity contribution >= 4 is 35.1 Å².